The van der Waals surface area contributed by atoms with Crippen molar-refractivity contribution in [3.8, 4) is 0 Å². The number of pyridine rings is 1. The molecule has 1 saturated carbocycles. The standard InChI is InChI=1S/C20H29N5O3/c1-11-4-5-17(14-7-15(8-14)23-13(3)26)25(10-11)20(28)19(27)24-16-6-12(2)18(21)22-9-16/h6,9,11,14-15,17H,4-5,7-8,10H2,1-3H3,(H2,21,22)(H,23,26)(H,24,27)/t11-,14-,15-,17+/m0/s1. The molecule has 1 aliphatic carbocycles. The summed E-state index contributed by atoms with van der Waals surface area (Å²) in [7, 11) is 0. The van der Waals surface area contributed by atoms with Crippen LogP contribution in [0, 0.1) is 18.8 Å². The molecule has 3 amide bonds. The first-order chi connectivity index (χ1) is 13.2. The molecule has 2 heterocycles. The van der Waals surface area contributed by atoms with Gasteiger partial charge in [-0.25, -0.2) is 4.98 Å². The molecule has 8 heteroatoms. The Balaban J connectivity index is 1.65. The summed E-state index contributed by atoms with van der Waals surface area (Å²) >= 11 is 0. The summed E-state index contributed by atoms with van der Waals surface area (Å²) in [6, 6.07) is 1.93. The molecule has 3 rings (SSSR count). The van der Waals surface area contributed by atoms with Crippen LogP contribution < -0.4 is 16.4 Å². The zero-order valence-electron chi connectivity index (χ0n) is 16.7. The number of piperidine rings is 1. The molecule has 2 fully saturated rings. The number of hydrogen-bond donors (Lipinski definition) is 3. The minimum absolute atomic E-state index is 0.0274. The van der Waals surface area contributed by atoms with Crippen molar-refractivity contribution in [2.24, 2.45) is 11.8 Å². The minimum atomic E-state index is -0.650. The van der Waals surface area contributed by atoms with Crippen LogP contribution in [0.5, 0.6) is 0 Å². The topological polar surface area (TPSA) is 117 Å². The Kier molecular flexibility index (Phi) is 5.86. The summed E-state index contributed by atoms with van der Waals surface area (Å²) < 4.78 is 0. The quantitative estimate of drug-likeness (QED) is 0.679. The van der Waals surface area contributed by atoms with Gasteiger partial charge in [0, 0.05) is 25.6 Å². The van der Waals surface area contributed by atoms with E-state index in [2.05, 4.69) is 22.5 Å². The number of rotatable bonds is 3. The van der Waals surface area contributed by atoms with Crippen LogP contribution in [0.25, 0.3) is 0 Å². The van der Waals surface area contributed by atoms with E-state index in [-0.39, 0.29) is 18.0 Å². The smallest absolute Gasteiger partial charge is 0.313 e. The number of nitrogen functional groups attached to an aromatic ring is 1. The van der Waals surface area contributed by atoms with Gasteiger partial charge in [0.15, 0.2) is 0 Å². The molecule has 0 bridgehead atoms. The third-order valence-electron chi connectivity index (χ3n) is 5.82. The van der Waals surface area contributed by atoms with Gasteiger partial charge in [-0.05, 0) is 56.1 Å². The highest BCUT2D eigenvalue weighted by molar-refractivity contribution is 6.39. The fourth-order valence-electron chi connectivity index (χ4n) is 4.25. The SMILES string of the molecule is CC(=O)N[C@H]1C[C@H]([C@H]2CC[C@H](C)CN2C(=O)C(=O)Nc2cnc(N)c(C)c2)C1. The van der Waals surface area contributed by atoms with Crippen molar-refractivity contribution >= 4 is 29.2 Å². The Morgan fingerprint density at radius 3 is 2.61 bits per heavy atom. The zero-order valence-corrected chi connectivity index (χ0v) is 16.7. The number of nitrogens with zero attached hydrogens (tertiary/aromatic N) is 2. The zero-order chi connectivity index (χ0) is 20.4. The van der Waals surface area contributed by atoms with Gasteiger partial charge in [0.05, 0.1) is 11.9 Å². The Morgan fingerprint density at radius 1 is 1.25 bits per heavy atom. The number of carbonyl (C=O) groups is 3. The van der Waals surface area contributed by atoms with Crippen molar-refractivity contribution < 1.29 is 14.4 Å². The molecule has 8 nitrogen and oxygen atoms in total. The normalized spacial score (nSPS) is 26.9. The van der Waals surface area contributed by atoms with E-state index >= 15 is 0 Å². The molecular formula is C20H29N5O3. The maximum atomic E-state index is 12.9. The summed E-state index contributed by atoms with van der Waals surface area (Å²) in [5, 5.41) is 5.57. The third kappa shape index (κ3) is 4.43. The number of aryl methyl sites for hydroxylation is 1. The van der Waals surface area contributed by atoms with E-state index in [9.17, 15) is 14.4 Å². The van der Waals surface area contributed by atoms with Crippen LogP contribution in [0.2, 0.25) is 0 Å². The van der Waals surface area contributed by atoms with E-state index in [1.165, 1.54) is 13.1 Å². The Bertz CT molecular complexity index is 775. The van der Waals surface area contributed by atoms with Gasteiger partial charge in [-0.1, -0.05) is 6.92 Å². The van der Waals surface area contributed by atoms with Crippen molar-refractivity contribution in [2.45, 2.75) is 58.5 Å². The van der Waals surface area contributed by atoms with E-state index in [1.54, 1.807) is 17.9 Å². The second-order valence-corrected chi connectivity index (χ2v) is 8.22. The summed E-state index contributed by atoms with van der Waals surface area (Å²) in [6.45, 7) is 5.99. The van der Waals surface area contributed by atoms with Gasteiger partial charge in [-0.3, -0.25) is 14.4 Å². The highest BCUT2D eigenvalue weighted by Gasteiger charge is 2.43. The number of anilines is 2. The van der Waals surface area contributed by atoms with E-state index < -0.39 is 11.8 Å². The number of hydrogen-bond acceptors (Lipinski definition) is 5. The van der Waals surface area contributed by atoms with Crippen LogP contribution in [0.15, 0.2) is 12.3 Å². The lowest BCUT2D eigenvalue weighted by Crippen LogP contribution is -2.57. The first-order valence-corrected chi connectivity index (χ1v) is 9.85. The lowest BCUT2D eigenvalue weighted by atomic mass is 9.71. The molecule has 2 atom stereocenters. The monoisotopic (exact) mass is 387 g/mol. The molecule has 4 N–H and O–H groups in total. The second kappa shape index (κ2) is 8.16. The average molecular weight is 387 g/mol. The van der Waals surface area contributed by atoms with Gasteiger partial charge >= 0.3 is 11.8 Å². The van der Waals surface area contributed by atoms with Gasteiger partial charge in [0.2, 0.25) is 5.91 Å². The maximum absolute atomic E-state index is 12.9. The van der Waals surface area contributed by atoms with E-state index in [0.29, 0.717) is 29.9 Å². The van der Waals surface area contributed by atoms with Gasteiger partial charge in [0.25, 0.3) is 0 Å². The van der Waals surface area contributed by atoms with Gasteiger partial charge < -0.3 is 21.3 Å². The highest BCUT2D eigenvalue weighted by atomic mass is 16.2. The molecule has 0 aromatic carbocycles. The number of amides is 3. The number of nitrogens with one attached hydrogen (secondary N) is 2. The highest BCUT2D eigenvalue weighted by Crippen LogP contribution is 2.38. The van der Waals surface area contributed by atoms with Crippen molar-refractivity contribution in [1.29, 1.82) is 0 Å². The molecule has 152 valence electrons. The van der Waals surface area contributed by atoms with Crippen molar-refractivity contribution in [3.05, 3.63) is 17.8 Å². The summed E-state index contributed by atoms with van der Waals surface area (Å²) in [5.41, 5.74) is 6.90. The van der Waals surface area contributed by atoms with Gasteiger partial charge in [-0.2, -0.15) is 0 Å². The Morgan fingerprint density at radius 2 is 1.96 bits per heavy atom. The molecular weight excluding hydrogens is 358 g/mol. The Labute approximate surface area is 165 Å². The molecule has 1 aromatic heterocycles. The largest absolute Gasteiger partial charge is 0.383 e. The van der Waals surface area contributed by atoms with Gasteiger partial charge in [-0.15, -0.1) is 0 Å². The number of carbonyl (C=O) groups excluding carboxylic acids is 3. The van der Waals surface area contributed by atoms with Crippen LogP contribution in [0.1, 0.15) is 45.1 Å². The first kappa shape index (κ1) is 20.1. The molecule has 0 unspecified atom stereocenters. The van der Waals surface area contributed by atoms with Crippen molar-refractivity contribution in [3.63, 3.8) is 0 Å². The van der Waals surface area contributed by atoms with Crippen LogP contribution >= 0.6 is 0 Å². The third-order valence-corrected chi connectivity index (χ3v) is 5.82. The fraction of sp³-hybridized carbons (Fsp3) is 0.600. The molecule has 1 aliphatic heterocycles. The van der Waals surface area contributed by atoms with E-state index in [0.717, 1.165) is 31.2 Å². The Hall–Kier alpha value is -2.64. The van der Waals surface area contributed by atoms with E-state index in [4.69, 9.17) is 5.73 Å². The summed E-state index contributed by atoms with van der Waals surface area (Å²) in [6.07, 6.45) is 5.09. The average Bonchev–Trinajstić information content (AvgIpc) is 2.60. The van der Waals surface area contributed by atoms with Crippen molar-refractivity contribution in [2.75, 3.05) is 17.6 Å². The fourth-order valence-corrected chi connectivity index (χ4v) is 4.25. The van der Waals surface area contributed by atoms with E-state index in [1.807, 2.05) is 0 Å². The molecule has 2 aliphatic rings. The van der Waals surface area contributed by atoms with Crippen LogP contribution in [0.4, 0.5) is 11.5 Å². The minimum Gasteiger partial charge on any atom is -0.383 e. The van der Waals surface area contributed by atoms with Crippen LogP contribution in [0.3, 0.4) is 0 Å². The number of likely N-dealkylation sites (tertiary alicyclic amines) is 1. The van der Waals surface area contributed by atoms with Crippen LogP contribution in [-0.2, 0) is 14.4 Å². The second-order valence-electron chi connectivity index (χ2n) is 8.22. The molecule has 28 heavy (non-hydrogen) atoms. The molecule has 0 radical (unpaired) electrons. The maximum Gasteiger partial charge on any atom is 0.313 e. The van der Waals surface area contributed by atoms with Gasteiger partial charge in [0.1, 0.15) is 5.82 Å². The summed E-state index contributed by atoms with van der Waals surface area (Å²) in [4.78, 5) is 42.5. The lowest BCUT2D eigenvalue weighted by Gasteiger charge is -2.48. The van der Waals surface area contributed by atoms with Crippen molar-refractivity contribution in [1.82, 2.24) is 15.2 Å². The number of nitrogens with two attached hydrogens (primary N) is 1. The lowest BCUT2D eigenvalue weighted by molar-refractivity contribution is -0.148. The number of aromatic nitrogens is 1. The molecule has 1 aromatic rings. The summed E-state index contributed by atoms with van der Waals surface area (Å²) in [5.74, 6) is -0.105. The molecule has 0 spiro atoms. The molecule has 1 saturated heterocycles. The van der Waals surface area contributed by atoms with Crippen LogP contribution in [-0.4, -0.2) is 46.2 Å². The predicted molar refractivity (Wildman–Crippen MR) is 106 cm³/mol. The first-order valence-electron chi connectivity index (χ1n) is 9.85. The predicted octanol–water partition coefficient (Wildman–Crippen LogP) is 1.45.